The summed E-state index contributed by atoms with van der Waals surface area (Å²) in [6.45, 7) is 15.6. The van der Waals surface area contributed by atoms with E-state index in [1.165, 1.54) is 44.4 Å². The number of benzene rings is 1. The van der Waals surface area contributed by atoms with Crippen molar-refractivity contribution in [3.63, 3.8) is 0 Å². The third-order valence-corrected chi connectivity index (χ3v) is 7.23. The quantitative estimate of drug-likeness (QED) is 0.214. The van der Waals surface area contributed by atoms with Gasteiger partial charge in [0, 0.05) is 29.4 Å². The Bertz CT molecular complexity index is 1180. The number of aromatic amines is 1. The molecule has 2 aromatic rings. The molecule has 1 fully saturated rings. The number of aromatic nitrogens is 1. The van der Waals surface area contributed by atoms with E-state index in [0.29, 0.717) is 18.4 Å². The summed E-state index contributed by atoms with van der Waals surface area (Å²) in [5.74, 6) is 0.948. The van der Waals surface area contributed by atoms with Crippen molar-refractivity contribution in [1.29, 1.82) is 5.26 Å². The zero-order chi connectivity index (χ0) is 24.8. The van der Waals surface area contributed by atoms with Gasteiger partial charge in [0.05, 0.1) is 12.6 Å². The van der Waals surface area contributed by atoms with Crippen molar-refractivity contribution in [1.82, 2.24) is 9.88 Å². The highest BCUT2D eigenvalue weighted by Crippen LogP contribution is 2.39. The largest absolute Gasteiger partial charge is 0.354 e. The molecule has 0 unspecified atom stereocenters. The maximum atomic E-state index is 9.00. The Morgan fingerprint density at radius 3 is 2.50 bits per heavy atom. The van der Waals surface area contributed by atoms with Crippen LogP contribution in [0.4, 0.5) is 0 Å². The van der Waals surface area contributed by atoms with E-state index in [9.17, 15) is 0 Å². The molecule has 1 aromatic carbocycles. The second kappa shape index (κ2) is 11.4. The predicted molar refractivity (Wildman–Crippen MR) is 146 cm³/mol. The van der Waals surface area contributed by atoms with Gasteiger partial charge in [0.25, 0.3) is 0 Å². The monoisotopic (exact) mass is 457 g/mol. The smallest absolute Gasteiger partial charge is 0.109 e. The Labute approximate surface area is 205 Å². The second-order valence-electron chi connectivity index (χ2n) is 9.62. The van der Waals surface area contributed by atoms with Crippen LogP contribution in [-0.4, -0.2) is 48.6 Å². The van der Waals surface area contributed by atoms with Crippen LogP contribution in [-0.2, 0) is 0 Å². The van der Waals surface area contributed by atoms with Crippen LogP contribution in [0, 0.1) is 11.3 Å². The lowest BCUT2D eigenvalue weighted by atomic mass is 9.87. The van der Waals surface area contributed by atoms with Crippen LogP contribution in [0.3, 0.4) is 0 Å². The summed E-state index contributed by atoms with van der Waals surface area (Å²) < 4.78 is 0. The molecule has 5 heteroatoms. The average Bonchev–Trinajstić information content (AvgIpc) is 3.21. The number of likely N-dealkylation sites (tertiary alicyclic amines) is 1. The SMILES string of the molecule is C/C=C(\C(C)=C(\C)C(C)=NC=NC)c1[nH]c2ccc(C3CCN(CC#N)CC3)cc2c1C(C)C. The minimum atomic E-state index is 0.390. The number of nitrogens with one attached hydrogen (secondary N) is 1. The number of nitrogens with zero attached hydrogens (tertiary/aromatic N) is 4. The molecule has 5 nitrogen and oxygen atoms in total. The highest BCUT2D eigenvalue weighted by atomic mass is 15.1. The zero-order valence-electron chi connectivity index (χ0n) is 21.9. The molecule has 0 amide bonds. The summed E-state index contributed by atoms with van der Waals surface area (Å²) in [4.78, 5) is 14.5. The van der Waals surface area contributed by atoms with E-state index in [2.05, 4.69) is 84.8 Å². The minimum absolute atomic E-state index is 0.390. The van der Waals surface area contributed by atoms with Gasteiger partial charge in [-0.25, -0.2) is 4.99 Å². The fourth-order valence-corrected chi connectivity index (χ4v) is 5.08. The molecule has 1 aliphatic rings. The van der Waals surface area contributed by atoms with Gasteiger partial charge in [-0.2, -0.15) is 5.26 Å². The first kappa shape index (κ1) is 25.6. The van der Waals surface area contributed by atoms with Crippen LogP contribution in [0.5, 0.6) is 0 Å². The Morgan fingerprint density at radius 2 is 1.91 bits per heavy atom. The fraction of sp³-hybridized carbons (Fsp3) is 0.483. The number of rotatable bonds is 7. The Hall–Kier alpha value is -2.97. The second-order valence-corrected chi connectivity index (χ2v) is 9.62. The van der Waals surface area contributed by atoms with Gasteiger partial charge in [-0.3, -0.25) is 9.89 Å². The molecule has 3 rings (SSSR count). The fourth-order valence-electron chi connectivity index (χ4n) is 5.08. The van der Waals surface area contributed by atoms with E-state index < -0.39 is 0 Å². The van der Waals surface area contributed by atoms with Crippen molar-refractivity contribution >= 4 is 28.5 Å². The summed E-state index contributed by atoms with van der Waals surface area (Å²) in [6, 6.07) is 9.25. The number of fused-ring (bicyclic) bond motifs is 1. The molecule has 0 radical (unpaired) electrons. The van der Waals surface area contributed by atoms with Gasteiger partial charge in [-0.05, 0) is 105 Å². The van der Waals surface area contributed by atoms with Crippen LogP contribution in [0.25, 0.3) is 16.5 Å². The lowest BCUT2D eigenvalue weighted by molar-refractivity contribution is 0.235. The average molecular weight is 458 g/mol. The summed E-state index contributed by atoms with van der Waals surface area (Å²) in [7, 11) is 1.74. The standard InChI is InChI=1S/C29H39N5/c1-8-25(21(5)20(4)22(6)32-18-31-7)29-28(19(2)3)26-17-24(9-10-27(26)33-29)23-11-14-34(15-12-23)16-13-30/h8-10,17-19,23,33H,11-12,14-16H2,1-7H3/b21-20-,25-8+,31-18?,32-22?. The molecule has 0 saturated carbocycles. The van der Waals surface area contributed by atoms with Crippen molar-refractivity contribution in [3.8, 4) is 6.07 Å². The van der Waals surface area contributed by atoms with Gasteiger partial charge in [0.15, 0.2) is 0 Å². The molecule has 2 heterocycles. The summed E-state index contributed by atoms with van der Waals surface area (Å²) in [6.07, 6.45) is 6.04. The summed E-state index contributed by atoms with van der Waals surface area (Å²) in [5, 5.41) is 10.3. The van der Waals surface area contributed by atoms with E-state index in [1.54, 1.807) is 13.4 Å². The molecule has 180 valence electrons. The van der Waals surface area contributed by atoms with Crippen molar-refractivity contribution in [2.24, 2.45) is 9.98 Å². The highest BCUT2D eigenvalue weighted by Gasteiger charge is 2.23. The number of allylic oxidation sites excluding steroid dienone is 4. The number of aliphatic imine (C=N–C) groups is 2. The molecule has 1 aliphatic heterocycles. The topological polar surface area (TPSA) is 67.5 Å². The van der Waals surface area contributed by atoms with Crippen LogP contribution < -0.4 is 0 Å². The van der Waals surface area contributed by atoms with E-state index in [0.717, 1.165) is 31.6 Å². The molecule has 0 spiro atoms. The Balaban J connectivity index is 2.04. The lowest BCUT2D eigenvalue weighted by Crippen LogP contribution is -2.33. The first-order chi connectivity index (χ1) is 16.3. The van der Waals surface area contributed by atoms with Crippen molar-refractivity contribution in [3.05, 3.63) is 52.2 Å². The Morgan fingerprint density at radius 1 is 1.21 bits per heavy atom. The van der Waals surface area contributed by atoms with Crippen LogP contribution in [0.2, 0.25) is 0 Å². The molecule has 1 aromatic heterocycles. The van der Waals surface area contributed by atoms with E-state index in [4.69, 9.17) is 5.26 Å². The minimum Gasteiger partial charge on any atom is -0.354 e. The van der Waals surface area contributed by atoms with E-state index in [1.807, 2.05) is 6.92 Å². The predicted octanol–water partition coefficient (Wildman–Crippen LogP) is 6.85. The van der Waals surface area contributed by atoms with Crippen LogP contribution in [0.15, 0.2) is 45.4 Å². The molecular formula is C29H39N5. The molecule has 0 atom stereocenters. The first-order valence-electron chi connectivity index (χ1n) is 12.4. The summed E-state index contributed by atoms with van der Waals surface area (Å²) >= 11 is 0. The molecule has 34 heavy (non-hydrogen) atoms. The maximum Gasteiger partial charge on any atom is 0.109 e. The van der Waals surface area contributed by atoms with Crippen molar-refractivity contribution < 1.29 is 0 Å². The van der Waals surface area contributed by atoms with Crippen molar-refractivity contribution in [2.75, 3.05) is 26.7 Å². The molecule has 1 N–H and O–H groups in total. The normalized spacial score (nSPS) is 17.6. The van der Waals surface area contributed by atoms with Gasteiger partial charge in [0.1, 0.15) is 6.34 Å². The van der Waals surface area contributed by atoms with Crippen LogP contribution in [0.1, 0.15) is 83.0 Å². The maximum absolute atomic E-state index is 9.00. The Kier molecular flexibility index (Phi) is 8.63. The van der Waals surface area contributed by atoms with Gasteiger partial charge < -0.3 is 4.98 Å². The lowest BCUT2D eigenvalue weighted by Gasteiger charge is -2.30. The van der Waals surface area contributed by atoms with Gasteiger partial charge in [0.2, 0.25) is 0 Å². The highest BCUT2D eigenvalue weighted by molar-refractivity contribution is 6.05. The first-order valence-corrected chi connectivity index (χ1v) is 12.4. The van der Waals surface area contributed by atoms with Gasteiger partial charge >= 0.3 is 0 Å². The zero-order valence-corrected chi connectivity index (χ0v) is 21.9. The summed E-state index contributed by atoms with van der Waals surface area (Å²) in [5.41, 5.74) is 9.81. The molecule has 0 bridgehead atoms. The molecule has 1 saturated heterocycles. The third kappa shape index (κ3) is 5.39. The number of H-pyrrole nitrogens is 1. The number of hydrogen-bond donors (Lipinski definition) is 1. The number of nitriles is 1. The number of hydrogen-bond acceptors (Lipinski definition) is 3. The number of piperidine rings is 1. The van der Waals surface area contributed by atoms with Crippen molar-refractivity contribution in [2.45, 2.75) is 66.2 Å². The van der Waals surface area contributed by atoms with E-state index in [-0.39, 0.29) is 0 Å². The van der Waals surface area contributed by atoms with Gasteiger partial charge in [-0.15, -0.1) is 0 Å². The van der Waals surface area contributed by atoms with Gasteiger partial charge in [-0.1, -0.05) is 26.0 Å². The molecular weight excluding hydrogens is 418 g/mol. The molecule has 0 aliphatic carbocycles. The third-order valence-electron chi connectivity index (χ3n) is 7.23. The van der Waals surface area contributed by atoms with Crippen LogP contribution >= 0.6 is 0 Å². The van der Waals surface area contributed by atoms with E-state index >= 15 is 0 Å².